The Morgan fingerprint density at radius 3 is 1.88 bits per heavy atom. The summed E-state index contributed by atoms with van der Waals surface area (Å²) in [4.78, 5) is 9.07. The van der Waals surface area contributed by atoms with E-state index in [4.69, 9.17) is 4.79 Å². The Morgan fingerprint density at radius 1 is 1.50 bits per heavy atom. The van der Waals surface area contributed by atoms with E-state index < -0.39 is 9.24 Å². The standard InChI is InChI=1S/CClNO3S.H3N/c2-7(5,6)3-1-4;/h;1H3. The molecular formula is CH3ClN2O3S. The molecule has 0 saturated carbocycles. The third-order valence-electron chi connectivity index (χ3n) is 0.146. The predicted molar refractivity (Wildman–Crippen MR) is 27.9 cm³/mol. The summed E-state index contributed by atoms with van der Waals surface area (Å²) in [6.07, 6.45) is 0.763. The summed E-state index contributed by atoms with van der Waals surface area (Å²) in [5.74, 6) is 0. The van der Waals surface area contributed by atoms with Crippen molar-refractivity contribution in [3.63, 3.8) is 0 Å². The van der Waals surface area contributed by atoms with E-state index in [2.05, 4.69) is 15.1 Å². The van der Waals surface area contributed by atoms with Crippen LogP contribution in [0.2, 0.25) is 0 Å². The largest absolute Gasteiger partial charge is 0.350 e. The fourth-order valence-electron chi connectivity index (χ4n) is 0.0445. The molecule has 0 saturated heterocycles. The van der Waals surface area contributed by atoms with Gasteiger partial charge in [0, 0.05) is 10.7 Å². The molecule has 0 bridgehead atoms. The van der Waals surface area contributed by atoms with Gasteiger partial charge in [0.15, 0.2) is 0 Å². The molecule has 0 spiro atoms. The summed E-state index contributed by atoms with van der Waals surface area (Å²) >= 11 is 0. The first kappa shape index (κ1) is 10.5. The van der Waals surface area contributed by atoms with Gasteiger partial charge in [-0.1, -0.05) is 4.40 Å². The Hall–Kier alpha value is -0.420. The summed E-state index contributed by atoms with van der Waals surface area (Å²) in [5, 5.41) is 0. The molecule has 0 aromatic heterocycles. The van der Waals surface area contributed by atoms with Gasteiger partial charge in [0.1, 0.15) is 0 Å². The van der Waals surface area contributed by atoms with Gasteiger partial charge in [-0.2, -0.15) is 8.42 Å². The molecule has 0 aromatic carbocycles. The lowest BCUT2D eigenvalue weighted by atomic mass is 11.7. The van der Waals surface area contributed by atoms with E-state index >= 15 is 0 Å². The second kappa shape index (κ2) is 3.57. The molecule has 0 aliphatic rings. The number of nitrogens with zero attached hydrogens (tertiary/aromatic N) is 1. The molecule has 0 heterocycles. The van der Waals surface area contributed by atoms with Gasteiger partial charge in [-0.25, -0.2) is 4.79 Å². The average molecular weight is 159 g/mol. The zero-order valence-electron chi connectivity index (χ0n) is 3.67. The van der Waals surface area contributed by atoms with Crippen molar-refractivity contribution in [1.29, 1.82) is 0 Å². The van der Waals surface area contributed by atoms with Gasteiger partial charge < -0.3 is 6.15 Å². The van der Waals surface area contributed by atoms with E-state index in [-0.39, 0.29) is 6.15 Å². The maximum Gasteiger partial charge on any atom is 0.350 e. The highest BCUT2D eigenvalue weighted by Gasteiger charge is 1.95. The topological polar surface area (TPSA) is 98.6 Å². The van der Waals surface area contributed by atoms with Gasteiger partial charge in [-0.05, 0) is 0 Å². The van der Waals surface area contributed by atoms with Crippen molar-refractivity contribution in [1.82, 2.24) is 6.15 Å². The van der Waals surface area contributed by atoms with Crippen LogP contribution in [0.1, 0.15) is 0 Å². The third kappa shape index (κ3) is 9.13. The molecule has 0 fully saturated rings. The molecule has 8 heavy (non-hydrogen) atoms. The molecule has 0 rings (SSSR count). The van der Waals surface area contributed by atoms with Crippen LogP contribution in [-0.4, -0.2) is 14.5 Å². The van der Waals surface area contributed by atoms with E-state index in [0.717, 1.165) is 6.08 Å². The average Bonchev–Trinajstić information content (AvgIpc) is 1.30. The van der Waals surface area contributed by atoms with E-state index in [1.54, 1.807) is 0 Å². The minimum absolute atomic E-state index is 0. The van der Waals surface area contributed by atoms with Gasteiger partial charge in [0.25, 0.3) is 6.08 Å². The van der Waals surface area contributed by atoms with Crippen LogP contribution in [0.3, 0.4) is 0 Å². The second-order valence-electron chi connectivity index (χ2n) is 0.595. The van der Waals surface area contributed by atoms with Crippen LogP contribution in [0.4, 0.5) is 0 Å². The Kier molecular flexibility index (Phi) is 4.70. The van der Waals surface area contributed by atoms with Crippen LogP contribution in [-0.2, 0) is 14.0 Å². The fraction of sp³-hybridized carbons (Fsp3) is 0. The Bertz CT molecular complexity index is 189. The van der Waals surface area contributed by atoms with Crippen molar-refractivity contribution in [3.8, 4) is 0 Å². The highest BCUT2D eigenvalue weighted by atomic mass is 35.7. The lowest BCUT2D eigenvalue weighted by molar-refractivity contribution is 0.564. The number of isocyanates is 1. The Morgan fingerprint density at radius 2 is 1.88 bits per heavy atom. The van der Waals surface area contributed by atoms with Crippen LogP contribution in [0, 0.1) is 0 Å². The predicted octanol–water partition coefficient (Wildman–Crippen LogP) is -0.0322. The number of hydrogen-bond acceptors (Lipinski definition) is 4. The zero-order chi connectivity index (χ0) is 5.91. The van der Waals surface area contributed by atoms with E-state index in [9.17, 15) is 8.42 Å². The summed E-state index contributed by atoms with van der Waals surface area (Å²) in [5.41, 5.74) is 0. The summed E-state index contributed by atoms with van der Waals surface area (Å²) in [6, 6.07) is 0. The highest BCUT2D eigenvalue weighted by molar-refractivity contribution is 8.12. The lowest BCUT2D eigenvalue weighted by Gasteiger charge is -1.67. The van der Waals surface area contributed by atoms with E-state index in [1.165, 1.54) is 0 Å². The van der Waals surface area contributed by atoms with Crippen molar-refractivity contribution in [2.75, 3.05) is 0 Å². The van der Waals surface area contributed by atoms with Gasteiger partial charge in [0.2, 0.25) is 0 Å². The van der Waals surface area contributed by atoms with Crippen LogP contribution in [0.15, 0.2) is 4.40 Å². The van der Waals surface area contributed by atoms with Crippen molar-refractivity contribution < 1.29 is 13.2 Å². The van der Waals surface area contributed by atoms with Crippen LogP contribution in [0.5, 0.6) is 0 Å². The fourth-order valence-corrected chi connectivity index (χ4v) is 0.218. The van der Waals surface area contributed by atoms with Gasteiger partial charge >= 0.3 is 9.24 Å². The van der Waals surface area contributed by atoms with Gasteiger partial charge in [-0.15, -0.1) is 0 Å². The SMILES string of the molecule is N.O=C=NS(=O)(=O)Cl. The molecule has 48 valence electrons. The third-order valence-corrected chi connectivity index (χ3v) is 0.646. The molecule has 5 nitrogen and oxygen atoms in total. The first-order valence-corrected chi connectivity index (χ1v) is 3.36. The van der Waals surface area contributed by atoms with Crippen molar-refractivity contribution in [3.05, 3.63) is 0 Å². The number of hydrogen-bond donors (Lipinski definition) is 1. The van der Waals surface area contributed by atoms with Crippen molar-refractivity contribution in [2.45, 2.75) is 0 Å². The Labute approximate surface area is 50.5 Å². The quantitative estimate of drug-likeness (QED) is 0.329. The van der Waals surface area contributed by atoms with Crippen LogP contribution >= 0.6 is 10.7 Å². The molecule has 0 radical (unpaired) electrons. The van der Waals surface area contributed by atoms with Crippen LogP contribution in [0.25, 0.3) is 0 Å². The maximum absolute atomic E-state index is 9.57. The molecule has 0 atom stereocenters. The maximum atomic E-state index is 9.57. The number of rotatable bonds is 1. The molecule has 0 unspecified atom stereocenters. The minimum Gasteiger partial charge on any atom is -0.344 e. The smallest absolute Gasteiger partial charge is 0.344 e. The number of carbonyl (C=O) groups excluding carboxylic acids is 1. The zero-order valence-corrected chi connectivity index (χ0v) is 5.24. The molecule has 0 aromatic rings. The lowest BCUT2D eigenvalue weighted by Crippen LogP contribution is -1.76. The van der Waals surface area contributed by atoms with Gasteiger partial charge in [0.05, 0.1) is 0 Å². The molecular weight excluding hydrogens is 156 g/mol. The summed E-state index contributed by atoms with van der Waals surface area (Å²) < 4.78 is 21.3. The summed E-state index contributed by atoms with van der Waals surface area (Å²) in [6.45, 7) is 0. The molecule has 0 amide bonds. The molecule has 0 aliphatic carbocycles. The Balaban J connectivity index is 0. The van der Waals surface area contributed by atoms with E-state index in [1.807, 2.05) is 0 Å². The van der Waals surface area contributed by atoms with Crippen molar-refractivity contribution in [2.24, 2.45) is 4.40 Å². The highest BCUT2D eigenvalue weighted by Crippen LogP contribution is 1.93. The second-order valence-corrected chi connectivity index (χ2v) is 2.77. The van der Waals surface area contributed by atoms with Crippen molar-refractivity contribution >= 4 is 26.0 Å². The van der Waals surface area contributed by atoms with Gasteiger partial charge in [-0.3, -0.25) is 0 Å². The minimum atomic E-state index is -4.00. The molecule has 0 aliphatic heterocycles. The first-order chi connectivity index (χ1) is 3.06. The molecule has 3 N–H and O–H groups in total. The summed E-state index contributed by atoms with van der Waals surface area (Å²) in [7, 11) is 0.376. The van der Waals surface area contributed by atoms with E-state index in [0.29, 0.717) is 0 Å². The van der Waals surface area contributed by atoms with Crippen LogP contribution < -0.4 is 6.15 Å². The first-order valence-electron chi connectivity index (χ1n) is 1.10. The number of halogens is 1. The monoisotopic (exact) mass is 158 g/mol. The normalized spacial score (nSPS) is 8.62. The molecule has 7 heteroatoms.